The SMILES string of the molecule is CC1(C)C(c2ccc(Cl)cc2)=NN=C1c1ccc(Cl)cc1. The normalized spacial score (nSPS) is 16.6. The maximum atomic E-state index is 5.95. The van der Waals surface area contributed by atoms with Crippen LogP contribution in [0, 0.1) is 5.41 Å². The summed E-state index contributed by atoms with van der Waals surface area (Å²) in [4.78, 5) is 0. The summed E-state index contributed by atoms with van der Waals surface area (Å²) < 4.78 is 0. The number of hydrogen-bond donors (Lipinski definition) is 0. The lowest BCUT2D eigenvalue weighted by atomic mass is 9.77. The van der Waals surface area contributed by atoms with Crippen LogP contribution in [0.3, 0.4) is 0 Å². The largest absolute Gasteiger partial charge is 0.154 e. The Kier molecular flexibility index (Phi) is 3.60. The molecule has 106 valence electrons. The van der Waals surface area contributed by atoms with Crippen LogP contribution in [-0.2, 0) is 0 Å². The highest BCUT2D eigenvalue weighted by atomic mass is 35.5. The van der Waals surface area contributed by atoms with Crippen molar-refractivity contribution in [2.75, 3.05) is 0 Å². The summed E-state index contributed by atoms with van der Waals surface area (Å²) in [6, 6.07) is 15.4. The second-order valence-electron chi connectivity index (χ2n) is 5.54. The molecule has 0 atom stereocenters. The second-order valence-corrected chi connectivity index (χ2v) is 6.41. The molecule has 0 fully saturated rings. The third-order valence-electron chi connectivity index (χ3n) is 3.67. The zero-order valence-corrected chi connectivity index (χ0v) is 13.3. The van der Waals surface area contributed by atoms with Gasteiger partial charge in [-0.2, -0.15) is 10.2 Å². The Labute approximate surface area is 134 Å². The fraction of sp³-hybridized carbons (Fsp3) is 0.176. The predicted molar refractivity (Wildman–Crippen MR) is 89.8 cm³/mol. The maximum absolute atomic E-state index is 5.95. The highest BCUT2D eigenvalue weighted by Gasteiger charge is 2.37. The van der Waals surface area contributed by atoms with Gasteiger partial charge in [0.25, 0.3) is 0 Å². The lowest BCUT2D eigenvalue weighted by Crippen LogP contribution is -2.31. The molecule has 1 aliphatic heterocycles. The van der Waals surface area contributed by atoms with E-state index >= 15 is 0 Å². The fourth-order valence-electron chi connectivity index (χ4n) is 2.51. The van der Waals surface area contributed by atoms with E-state index in [1.165, 1.54) is 0 Å². The number of halogens is 2. The predicted octanol–water partition coefficient (Wildman–Crippen LogP) is 5.23. The van der Waals surface area contributed by atoms with E-state index in [0.717, 1.165) is 22.6 Å². The first kappa shape index (κ1) is 14.3. The average molecular weight is 317 g/mol. The van der Waals surface area contributed by atoms with Crippen molar-refractivity contribution in [3.8, 4) is 0 Å². The van der Waals surface area contributed by atoms with Crippen LogP contribution >= 0.6 is 23.2 Å². The Morgan fingerprint density at radius 1 is 0.667 bits per heavy atom. The Morgan fingerprint density at radius 2 is 1.00 bits per heavy atom. The van der Waals surface area contributed by atoms with Crippen LogP contribution in [0.25, 0.3) is 0 Å². The van der Waals surface area contributed by atoms with E-state index in [0.29, 0.717) is 10.0 Å². The van der Waals surface area contributed by atoms with E-state index in [9.17, 15) is 0 Å². The van der Waals surface area contributed by atoms with E-state index in [-0.39, 0.29) is 5.41 Å². The summed E-state index contributed by atoms with van der Waals surface area (Å²) in [5.74, 6) is 0. The Morgan fingerprint density at radius 3 is 1.33 bits per heavy atom. The number of benzene rings is 2. The van der Waals surface area contributed by atoms with Crippen LogP contribution in [0.1, 0.15) is 25.0 Å². The minimum absolute atomic E-state index is 0.262. The summed E-state index contributed by atoms with van der Waals surface area (Å²) in [6.45, 7) is 4.25. The van der Waals surface area contributed by atoms with E-state index in [1.54, 1.807) is 0 Å². The lowest BCUT2D eigenvalue weighted by Gasteiger charge is -2.23. The van der Waals surface area contributed by atoms with E-state index < -0.39 is 0 Å². The van der Waals surface area contributed by atoms with Crippen molar-refractivity contribution in [1.82, 2.24) is 0 Å². The van der Waals surface area contributed by atoms with E-state index in [1.807, 2.05) is 48.5 Å². The zero-order chi connectivity index (χ0) is 15.0. The van der Waals surface area contributed by atoms with Gasteiger partial charge in [-0.3, -0.25) is 0 Å². The molecule has 0 N–H and O–H groups in total. The molecule has 0 bridgehead atoms. The molecule has 0 amide bonds. The van der Waals surface area contributed by atoms with E-state index in [4.69, 9.17) is 23.2 Å². The van der Waals surface area contributed by atoms with Crippen LogP contribution in [0.4, 0.5) is 0 Å². The van der Waals surface area contributed by atoms with Gasteiger partial charge in [0.15, 0.2) is 0 Å². The molecule has 0 spiro atoms. The first-order valence-electron chi connectivity index (χ1n) is 6.67. The maximum Gasteiger partial charge on any atom is 0.0819 e. The summed E-state index contributed by atoms with van der Waals surface area (Å²) in [7, 11) is 0. The van der Waals surface area contributed by atoms with Crippen molar-refractivity contribution in [2.45, 2.75) is 13.8 Å². The molecule has 0 aliphatic carbocycles. The smallest absolute Gasteiger partial charge is 0.0819 e. The monoisotopic (exact) mass is 316 g/mol. The van der Waals surface area contributed by atoms with Gasteiger partial charge in [0.1, 0.15) is 0 Å². The Balaban J connectivity index is 1.96. The fourth-order valence-corrected chi connectivity index (χ4v) is 2.77. The molecule has 4 heteroatoms. The highest BCUT2D eigenvalue weighted by molar-refractivity contribution is 6.31. The molecule has 0 radical (unpaired) electrons. The quantitative estimate of drug-likeness (QED) is 0.725. The van der Waals surface area contributed by atoms with Gasteiger partial charge >= 0.3 is 0 Å². The van der Waals surface area contributed by atoms with Gasteiger partial charge in [-0.1, -0.05) is 47.5 Å². The van der Waals surface area contributed by atoms with Gasteiger partial charge in [0, 0.05) is 10.0 Å². The molecule has 0 aromatic heterocycles. The van der Waals surface area contributed by atoms with Crippen molar-refractivity contribution < 1.29 is 0 Å². The molecule has 2 nitrogen and oxygen atoms in total. The minimum atomic E-state index is -0.262. The molecule has 21 heavy (non-hydrogen) atoms. The van der Waals surface area contributed by atoms with Crippen LogP contribution < -0.4 is 0 Å². The van der Waals surface area contributed by atoms with Gasteiger partial charge < -0.3 is 0 Å². The molecule has 1 aliphatic rings. The van der Waals surface area contributed by atoms with Crippen LogP contribution in [0.5, 0.6) is 0 Å². The first-order chi connectivity index (χ1) is 9.98. The summed E-state index contributed by atoms with van der Waals surface area (Å²) in [5, 5.41) is 10.2. The molecule has 2 aromatic carbocycles. The van der Waals surface area contributed by atoms with Crippen molar-refractivity contribution in [3.63, 3.8) is 0 Å². The summed E-state index contributed by atoms with van der Waals surface area (Å²) >= 11 is 11.9. The molecule has 3 rings (SSSR count). The molecule has 0 saturated heterocycles. The Hall–Kier alpha value is -1.64. The molecule has 0 saturated carbocycles. The average Bonchev–Trinajstić information content (AvgIpc) is 2.76. The van der Waals surface area contributed by atoms with Crippen LogP contribution in [-0.4, -0.2) is 11.4 Å². The van der Waals surface area contributed by atoms with Gasteiger partial charge in [-0.15, -0.1) is 0 Å². The van der Waals surface area contributed by atoms with Gasteiger partial charge in [0.2, 0.25) is 0 Å². The highest BCUT2D eigenvalue weighted by Crippen LogP contribution is 2.33. The molecular formula is C17H14Cl2N2. The lowest BCUT2D eigenvalue weighted by molar-refractivity contribution is 0.745. The van der Waals surface area contributed by atoms with Crippen LogP contribution in [0.15, 0.2) is 58.7 Å². The second kappa shape index (κ2) is 5.28. The van der Waals surface area contributed by atoms with Crippen molar-refractivity contribution >= 4 is 34.6 Å². The van der Waals surface area contributed by atoms with Crippen molar-refractivity contribution in [3.05, 3.63) is 69.7 Å². The topological polar surface area (TPSA) is 24.7 Å². The van der Waals surface area contributed by atoms with Gasteiger partial charge in [-0.05, 0) is 49.2 Å². The minimum Gasteiger partial charge on any atom is -0.154 e. The Bertz CT molecular complexity index is 663. The number of rotatable bonds is 2. The van der Waals surface area contributed by atoms with Gasteiger partial charge in [-0.25, -0.2) is 0 Å². The number of nitrogens with zero attached hydrogens (tertiary/aromatic N) is 2. The third kappa shape index (κ3) is 2.61. The first-order valence-corrected chi connectivity index (χ1v) is 7.42. The summed E-state index contributed by atoms with van der Waals surface area (Å²) in [5.41, 5.74) is 3.71. The molecular weight excluding hydrogens is 303 g/mol. The van der Waals surface area contributed by atoms with Gasteiger partial charge in [0.05, 0.1) is 16.8 Å². The third-order valence-corrected chi connectivity index (χ3v) is 4.17. The standard InChI is InChI=1S/C17H14Cl2N2/c1-17(2)15(11-3-7-13(18)8-4-11)20-21-16(17)12-5-9-14(19)10-6-12/h3-10H,1-2H3. The van der Waals surface area contributed by atoms with E-state index in [2.05, 4.69) is 24.1 Å². The summed E-state index contributed by atoms with van der Waals surface area (Å²) in [6.07, 6.45) is 0. The van der Waals surface area contributed by atoms with Crippen molar-refractivity contribution in [2.24, 2.45) is 15.6 Å². The molecule has 1 heterocycles. The number of hydrogen-bond acceptors (Lipinski definition) is 2. The van der Waals surface area contributed by atoms with Crippen LogP contribution in [0.2, 0.25) is 10.0 Å². The molecule has 2 aromatic rings. The van der Waals surface area contributed by atoms with Crippen molar-refractivity contribution in [1.29, 1.82) is 0 Å². The zero-order valence-electron chi connectivity index (χ0n) is 11.8. The molecule has 0 unspecified atom stereocenters.